The molecular weight excluding hydrogens is 252 g/mol. The van der Waals surface area contributed by atoms with Gasteiger partial charge in [0.05, 0.1) is 10.2 Å². The highest BCUT2D eigenvalue weighted by Gasteiger charge is 2.21. The Bertz CT molecular complexity index is 342. The first-order valence-electron chi connectivity index (χ1n) is 4.95. The predicted molar refractivity (Wildman–Crippen MR) is 69.2 cm³/mol. The first-order chi connectivity index (χ1) is 6.96. The van der Waals surface area contributed by atoms with E-state index >= 15 is 0 Å². The molecule has 82 valence electrons. The zero-order valence-corrected chi connectivity index (χ0v) is 11.1. The van der Waals surface area contributed by atoms with Gasteiger partial charge in [-0.25, -0.2) is 0 Å². The van der Waals surface area contributed by atoms with Crippen LogP contribution in [0, 0.1) is 0 Å². The summed E-state index contributed by atoms with van der Waals surface area (Å²) in [5.41, 5.74) is 1.22. The third-order valence-corrected chi connectivity index (χ3v) is 2.77. The molecule has 1 heterocycles. The molecule has 0 fully saturated rings. The monoisotopic (exact) mass is 268 g/mol. The number of halogens is 1. The molecule has 1 aromatic heterocycles. The van der Waals surface area contributed by atoms with E-state index in [2.05, 4.69) is 53.2 Å². The van der Waals surface area contributed by atoms with Crippen molar-refractivity contribution >= 4 is 21.6 Å². The minimum Gasteiger partial charge on any atom is -0.362 e. The highest BCUT2D eigenvalue weighted by molar-refractivity contribution is 9.10. The Balaban J connectivity index is 3.10. The van der Waals surface area contributed by atoms with Gasteiger partial charge < -0.3 is 4.90 Å². The fourth-order valence-corrected chi connectivity index (χ4v) is 1.91. The average molecular weight is 269 g/mol. The minimum atomic E-state index is 0.0675. The normalized spacial score (nSPS) is 11.2. The quantitative estimate of drug-likeness (QED) is 0.779. The van der Waals surface area contributed by atoms with Gasteiger partial charge in [-0.15, -0.1) is 6.58 Å². The van der Waals surface area contributed by atoms with Crippen LogP contribution >= 0.6 is 15.9 Å². The van der Waals surface area contributed by atoms with E-state index in [4.69, 9.17) is 0 Å². The molecular formula is C12H17BrN2. The fourth-order valence-electron chi connectivity index (χ4n) is 1.45. The summed E-state index contributed by atoms with van der Waals surface area (Å²) in [6.45, 7) is 11.2. The van der Waals surface area contributed by atoms with E-state index in [1.54, 1.807) is 0 Å². The molecule has 0 aromatic carbocycles. The Labute approximate surface area is 100 Å². The molecule has 0 radical (unpaired) electrons. The maximum atomic E-state index is 4.07. The molecule has 0 saturated heterocycles. The molecule has 1 aromatic rings. The van der Waals surface area contributed by atoms with Gasteiger partial charge in [-0.2, -0.15) is 0 Å². The zero-order chi connectivity index (χ0) is 11.5. The van der Waals surface area contributed by atoms with E-state index in [1.165, 1.54) is 0 Å². The topological polar surface area (TPSA) is 16.1 Å². The van der Waals surface area contributed by atoms with Crippen LogP contribution in [0.3, 0.4) is 0 Å². The van der Waals surface area contributed by atoms with Crippen LogP contribution in [0.4, 0.5) is 5.69 Å². The van der Waals surface area contributed by atoms with Crippen LogP contribution in [0.1, 0.15) is 20.8 Å². The number of rotatable bonds is 3. The van der Waals surface area contributed by atoms with Crippen LogP contribution in [0.5, 0.6) is 0 Å². The summed E-state index contributed by atoms with van der Waals surface area (Å²) < 4.78 is 1.02. The molecule has 0 N–H and O–H groups in total. The van der Waals surface area contributed by atoms with Crippen molar-refractivity contribution in [3.63, 3.8) is 0 Å². The molecule has 0 aliphatic heterocycles. The van der Waals surface area contributed by atoms with Crippen molar-refractivity contribution in [2.24, 2.45) is 0 Å². The lowest BCUT2D eigenvalue weighted by Gasteiger charge is -2.37. The molecule has 2 nitrogen and oxygen atoms in total. The lowest BCUT2D eigenvalue weighted by molar-refractivity contribution is 0.521. The number of hydrogen-bond donors (Lipinski definition) is 0. The van der Waals surface area contributed by atoms with Gasteiger partial charge in [0.25, 0.3) is 0 Å². The smallest absolute Gasteiger partial charge is 0.0592 e. The maximum Gasteiger partial charge on any atom is 0.0592 e. The lowest BCUT2D eigenvalue weighted by Crippen LogP contribution is -2.41. The second-order valence-corrected chi connectivity index (χ2v) is 5.25. The first-order valence-corrected chi connectivity index (χ1v) is 5.74. The van der Waals surface area contributed by atoms with Crippen LogP contribution in [-0.4, -0.2) is 17.1 Å². The van der Waals surface area contributed by atoms with E-state index in [0.29, 0.717) is 0 Å². The lowest BCUT2D eigenvalue weighted by atomic mass is 10.1. The van der Waals surface area contributed by atoms with Crippen LogP contribution in [0.25, 0.3) is 0 Å². The van der Waals surface area contributed by atoms with Crippen LogP contribution < -0.4 is 4.90 Å². The van der Waals surface area contributed by atoms with Crippen molar-refractivity contribution in [2.75, 3.05) is 11.4 Å². The zero-order valence-electron chi connectivity index (χ0n) is 9.50. The minimum absolute atomic E-state index is 0.0675. The molecule has 0 atom stereocenters. The summed E-state index contributed by atoms with van der Waals surface area (Å²) in [6, 6.07) is 2.01. The van der Waals surface area contributed by atoms with Crippen molar-refractivity contribution in [3.05, 3.63) is 35.6 Å². The standard InChI is InChI=1S/C12H17BrN2/c1-5-8-15(12(2,3)4)11-6-7-14-9-10(11)13/h5-7,9H,1,8H2,2-4H3. The molecule has 15 heavy (non-hydrogen) atoms. The van der Waals surface area contributed by atoms with Gasteiger partial charge in [0.1, 0.15) is 0 Å². The molecule has 0 bridgehead atoms. The van der Waals surface area contributed by atoms with Gasteiger partial charge in [-0.05, 0) is 42.8 Å². The summed E-state index contributed by atoms with van der Waals surface area (Å²) in [4.78, 5) is 6.35. The SMILES string of the molecule is C=CCN(c1ccncc1Br)C(C)(C)C. The van der Waals surface area contributed by atoms with Crippen LogP contribution in [0.2, 0.25) is 0 Å². The molecule has 0 saturated carbocycles. The number of anilines is 1. The second-order valence-electron chi connectivity index (χ2n) is 4.40. The van der Waals surface area contributed by atoms with Gasteiger partial charge in [-0.3, -0.25) is 4.98 Å². The van der Waals surface area contributed by atoms with E-state index in [1.807, 2.05) is 24.5 Å². The number of pyridine rings is 1. The Hall–Kier alpha value is -0.830. The Morgan fingerprint density at radius 1 is 1.53 bits per heavy atom. The molecule has 0 aliphatic carbocycles. The van der Waals surface area contributed by atoms with Gasteiger partial charge in [0, 0.05) is 24.5 Å². The summed E-state index contributed by atoms with van der Waals surface area (Å²) in [6.07, 6.45) is 5.54. The highest BCUT2D eigenvalue weighted by atomic mass is 79.9. The van der Waals surface area contributed by atoms with Crippen LogP contribution in [0.15, 0.2) is 35.6 Å². The summed E-state index contributed by atoms with van der Waals surface area (Å²) in [5.74, 6) is 0. The average Bonchev–Trinajstić information content (AvgIpc) is 2.14. The number of nitrogens with zero attached hydrogens (tertiary/aromatic N) is 2. The third-order valence-electron chi connectivity index (χ3n) is 2.16. The van der Waals surface area contributed by atoms with Crippen molar-refractivity contribution in [3.8, 4) is 0 Å². The molecule has 0 unspecified atom stereocenters. The number of aromatic nitrogens is 1. The Morgan fingerprint density at radius 2 is 2.20 bits per heavy atom. The van der Waals surface area contributed by atoms with E-state index in [0.717, 1.165) is 16.7 Å². The molecule has 0 aliphatic rings. The van der Waals surface area contributed by atoms with Gasteiger partial charge in [0.2, 0.25) is 0 Å². The maximum absolute atomic E-state index is 4.07. The number of hydrogen-bond acceptors (Lipinski definition) is 2. The third kappa shape index (κ3) is 3.06. The van der Waals surface area contributed by atoms with Gasteiger partial charge >= 0.3 is 0 Å². The molecule has 1 rings (SSSR count). The van der Waals surface area contributed by atoms with Crippen molar-refractivity contribution in [1.82, 2.24) is 4.98 Å². The van der Waals surface area contributed by atoms with Crippen LogP contribution in [-0.2, 0) is 0 Å². The molecule has 3 heteroatoms. The summed E-state index contributed by atoms with van der Waals surface area (Å²) >= 11 is 3.52. The molecule has 0 amide bonds. The Morgan fingerprint density at radius 3 is 2.67 bits per heavy atom. The summed E-state index contributed by atoms with van der Waals surface area (Å²) in [7, 11) is 0. The second kappa shape index (κ2) is 4.79. The summed E-state index contributed by atoms with van der Waals surface area (Å²) in [5, 5.41) is 0. The van der Waals surface area contributed by atoms with Gasteiger partial charge in [-0.1, -0.05) is 6.08 Å². The largest absolute Gasteiger partial charge is 0.362 e. The Kier molecular flexibility index (Phi) is 3.91. The van der Waals surface area contributed by atoms with Crippen molar-refractivity contribution < 1.29 is 0 Å². The molecule has 0 spiro atoms. The fraction of sp³-hybridized carbons (Fsp3) is 0.417. The van der Waals surface area contributed by atoms with Crippen molar-refractivity contribution in [2.45, 2.75) is 26.3 Å². The van der Waals surface area contributed by atoms with Gasteiger partial charge in [0.15, 0.2) is 0 Å². The van der Waals surface area contributed by atoms with Crippen molar-refractivity contribution in [1.29, 1.82) is 0 Å². The highest BCUT2D eigenvalue weighted by Crippen LogP contribution is 2.30. The van der Waals surface area contributed by atoms with E-state index < -0.39 is 0 Å². The van der Waals surface area contributed by atoms with E-state index in [-0.39, 0.29) is 5.54 Å². The van der Waals surface area contributed by atoms with E-state index in [9.17, 15) is 0 Å². The predicted octanol–water partition coefficient (Wildman–Crippen LogP) is 3.64. The first kappa shape index (κ1) is 12.2.